The summed E-state index contributed by atoms with van der Waals surface area (Å²) in [5.41, 5.74) is 2.19. The first-order valence-electron chi connectivity index (χ1n) is 7.05. The molecule has 0 radical (unpaired) electrons. The lowest BCUT2D eigenvalue weighted by Gasteiger charge is -2.11. The summed E-state index contributed by atoms with van der Waals surface area (Å²) in [6.45, 7) is 1.52. The molecule has 6 nitrogen and oxygen atoms in total. The van der Waals surface area contributed by atoms with Gasteiger partial charge in [-0.1, -0.05) is 0 Å². The third kappa shape index (κ3) is 2.41. The number of alkyl halides is 3. The smallest absolute Gasteiger partial charge is 0.232 e. The van der Waals surface area contributed by atoms with E-state index >= 15 is 0 Å². The highest BCUT2D eigenvalue weighted by atomic mass is 19.4. The summed E-state index contributed by atoms with van der Waals surface area (Å²) in [5, 5.41) is 4.09. The Morgan fingerprint density at radius 2 is 1.96 bits per heavy atom. The van der Waals surface area contributed by atoms with Crippen LogP contribution in [0.1, 0.15) is 36.0 Å². The molecule has 3 aromatic heterocycles. The topological polar surface area (TPSA) is 68.9 Å². The van der Waals surface area contributed by atoms with Crippen LogP contribution in [0.4, 0.5) is 13.2 Å². The molecule has 0 spiro atoms. The van der Waals surface area contributed by atoms with E-state index in [1.807, 2.05) is 6.07 Å². The fourth-order valence-electron chi connectivity index (χ4n) is 2.47. The highest BCUT2D eigenvalue weighted by Crippen LogP contribution is 2.40. The first-order valence-corrected chi connectivity index (χ1v) is 7.05. The van der Waals surface area contributed by atoms with E-state index in [0.29, 0.717) is 23.0 Å². The van der Waals surface area contributed by atoms with Crippen molar-refractivity contribution < 1.29 is 13.2 Å². The summed E-state index contributed by atoms with van der Waals surface area (Å²) in [4.78, 5) is 15.6. The predicted molar refractivity (Wildman–Crippen MR) is 73.5 cm³/mol. The lowest BCUT2D eigenvalue weighted by molar-refractivity contribution is -0.145. The molecule has 0 N–H and O–H groups in total. The Morgan fingerprint density at radius 3 is 2.61 bits per heavy atom. The zero-order chi connectivity index (χ0) is 16.2. The second-order valence-corrected chi connectivity index (χ2v) is 5.50. The van der Waals surface area contributed by atoms with Crippen LogP contribution < -0.4 is 0 Å². The van der Waals surface area contributed by atoms with Crippen LogP contribution in [-0.4, -0.2) is 29.5 Å². The van der Waals surface area contributed by atoms with E-state index in [0.717, 1.165) is 18.5 Å². The van der Waals surface area contributed by atoms with E-state index in [1.54, 1.807) is 0 Å². The molecule has 0 bridgehead atoms. The fourth-order valence-corrected chi connectivity index (χ4v) is 2.47. The fraction of sp³-hybridized carbons (Fsp3) is 0.357. The lowest BCUT2D eigenvalue weighted by atomic mass is 10.1. The van der Waals surface area contributed by atoms with Gasteiger partial charge in [0, 0.05) is 23.4 Å². The van der Waals surface area contributed by atoms with Gasteiger partial charge in [-0.2, -0.15) is 27.8 Å². The maximum absolute atomic E-state index is 12.7. The normalized spacial score (nSPS) is 15.3. The molecule has 23 heavy (non-hydrogen) atoms. The Hall–Kier alpha value is -2.58. The molecule has 0 unspecified atom stereocenters. The Morgan fingerprint density at radius 1 is 1.17 bits per heavy atom. The minimum atomic E-state index is -4.57. The van der Waals surface area contributed by atoms with Crippen LogP contribution in [0.5, 0.6) is 0 Å². The molecule has 1 saturated carbocycles. The highest BCUT2D eigenvalue weighted by Gasteiger charge is 2.35. The van der Waals surface area contributed by atoms with E-state index < -0.39 is 12.0 Å². The zero-order valence-electron chi connectivity index (χ0n) is 12.0. The zero-order valence-corrected chi connectivity index (χ0v) is 12.0. The number of hydrogen-bond acceptors (Lipinski definition) is 5. The van der Waals surface area contributed by atoms with Gasteiger partial charge in [-0.3, -0.25) is 0 Å². The largest absolute Gasteiger partial charge is 0.451 e. The second-order valence-electron chi connectivity index (χ2n) is 5.50. The average Bonchev–Trinajstić information content (AvgIpc) is 3.23. The molecular weight excluding hydrogens is 309 g/mol. The molecule has 0 amide bonds. The van der Waals surface area contributed by atoms with E-state index in [9.17, 15) is 13.2 Å². The summed E-state index contributed by atoms with van der Waals surface area (Å²) in [5.74, 6) is -0.347. The van der Waals surface area contributed by atoms with Crippen molar-refractivity contribution in [3.05, 3.63) is 35.8 Å². The van der Waals surface area contributed by atoms with Gasteiger partial charge in [0.05, 0.1) is 11.4 Å². The average molecular weight is 320 g/mol. The number of hydrogen-bond donors (Lipinski definition) is 0. The molecule has 3 heterocycles. The maximum atomic E-state index is 12.7. The standard InChI is InChI=1S/C14H11F3N6/c1-7-9(5-18-12(21-7)14(15,16)17)11-4-10(8-2-3-8)22-13-19-6-20-23(11)13/h4-6,8H,2-3H2,1H3. The monoisotopic (exact) mass is 320 g/mol. The van der Waals surface area contributed by atoms with Crippen LogP contribution in [0.3, 0.4) is 0 Å². The van der Waals surface area contributed by atoms with Crippen molar-refractivity contribution in [3.8, 4) is 11.3 Å². The van der Waals surface area contributed by atoms with Gasteiger partial charge < -0.3 is 0 Å². The quantitative estimate of drug-likeness (QED) is 0.726. The summed E-state index contributed by atoms with van der Waals surface area (Å²) < 4.78 is 39.7. The first kappa shape index (κ1) is 14.0. The Kier molecular flexibility index (Phi) is 2.87. The summed E-state index contributed by atoms with van der Waals surface area (Å²) in [6.07, 6.45) is 0.0862. The number of aryl methyl sites for hydroxylation is 1. The van der Waals surface area contributed by atoms with E-state index in [-0.39, 0.29) is 5.69 Å². The third-order valence-corrected chi connectivity index (χ3v) is 3.78. The molecule has 118 valence electrons. The molecule has 3 aromatic rings. The third-order valence-electron chi connectivity index (χ3n) is 3.78. The molecule has 0 atom stereocenters. The highest BCUT2D eigenvalue weighted by molar-refractivity contribution is 5.63. The summed E-state index contributed by atoms with van der Waals surface area (Å²) in [7, 11) is 0. The minimum absolute atomic E-state index is 0.233. The van der Waals surface area contributed by atoms with Gasteiger partial charge in [0.15, 0.2) is 0 Å². The summed E-state index contributed by atoms with van der Waals surface area (Å²) >= 11 is 0. The van der Waals surface area contributed by atoms with Crippen LogP contribution in [-0.2, 0) is 6.18 Å². The minimum Gasteiger partial charge on any atom is -0.232 e. The Balaban J connectivity index is 1.90. The molecule has 9 heteroatoms. The van der Waals surface area contributed by atoms with Crippen LogP contribution in [0.15, 0.2) is 18.6 Å². The number of nitrogens with zero attached hydrogens (tertiary/aromatic N) is 6. The van der Waals surface area contributed by atoms with Crippen molar-refractivity contribution in [3.63, 3.8) is 0 Å². The molecular formula is C14H11F3N6. The van der Waals surface area contributed by atoms with Crippen molar-refractivity contribution in [2.24, 2.45) is 0 Å². The molecule has 0 saturated heterocycles. The molecule has 1 aliphatic carbocycles. The Bertz CT molecular complexity index is 897. The van der Waals surface area contributed by atoms with Crippen molar-refractivity contribution in [1.29, 1.82) is 0 Å². The van der Waals surface area contributed by atoms with Crippen molar-refractivity contribution in [2.45, 2.75) is 31.9 Å². The van der Waals surface area contributed by atoms with E-state index in [4.69, 9.17) is 0 Å². The van der Waals surface area contributed by atoms with Crippen molar-refractivity contribution >= 4 is 5.78 Å². The van der Waals surface area contributed by atoms with Gasteiger partial charge >= 0.3 is 6.18 Å². The Labute approximate surface area is 128 Å². The molecule has 0 aromatic carbocycles. The van der Waals surface area contributed by atoms with Crippen molar-refractivity contribution in [2.75, 3.05) is 0 Å². The number of halogens is 3. The van der Waals surface area contributed by atoms with Crippen LogP contribution in [0.25, 0.3) is 17.0 Å². The van der Waals surface area contributed by atoms with Crippen molar-refractivity contribution in [1.82, 2.24) is 29.5 Å². The number of fused-ring (bicyclic) bond motifs is 1. The second kappa shape index (κ2) is 4.71. The lowest BCUT2D eigenvalue weighted by Crippen LogP contribution is -2.12. The van der Waals surface area contributed by atoms with Gasteiger partial charge in [-0.25, -0.2) is 15.0 Å². The maximum Gasteiger partial charge on any atom is 0.451 e. The van der Waals surface area contributed by atoms with Crippen LogP contribution in [0.2, 0.25) is 0 Å². The molecule has 1 fully saturated rings. The van der Waals surface area contributed by atoms with Gasteiger partial charge in [0.1, 0.15) is 6.33 Å². The van der Waals surface area contributed by atoms with Crippen LogP contribution in [0, 0.1) is 6.92 Å². The molecule has 0 aliphatic heterocycles. The summed E-state index contributed by atoms with van der Waals surface area (Å²) in [6, 6.07) is 1.83. The first-order chi connectivity index (χ1) is 10.9. The van der Waals surface area contributed by atoms with Gasteiger partial charge in [0.25, 0.3) is 5.78 Å². The molecule has 1 aliphatic rings. The number of aromatic nitrogens is 6. The van der Waals surface area contributed by atoms with E-state index in [1.165, 1.54) is 24.0 Å². The number of rotatable bonds is 2. The predicted octanol–water partition coefficient (Wildman–Crippen LogP) is 2.79. The van der Waals surface area contributed by atoms with Crippen LogP contribution >= 0.6 is 0 Å². The van der Waals surface area contributed by atoms with Gasteiger partial charge in [0.2, 0.25) is 5.82 Å². The van der Waals surface area contributed by atoms with Gasteiger partial charge in [-0.15, -0.1) is 0 Å². The van der Waals surface area contributed by atoms with E-state index in [2.05, 4.69) is 25.0 Å². The SMILES string of the molecule is Cc1nc(C(F)(F)F)ncc1-c1cc(C2CC2)nc2ncnn12. The molecule has 4 rings (SSSR count). The van der Waals surface area contributed by atoms with Gasteiger partial charge in [-0.05, 0) is 25.8 Å².